The molecular formula is C19H19NO5. The van der Waals surface area contributed by atoms with Crippen LogP contribution in [-0.2, 0) is 19.1 Å². The number of carbonyl (C=O) groups is 2. The van der Waals surface area contributed by atoms with Gasteiger partial charge in [0.25, 0.3) is 0 Å². The Balaban J connectivity index is 2.36. The highest BCUT2D eigenvalue weighted by Crippen LogP contribution is 2.31. The largest absolute Gasteiger partial charge is 0.496 e. The molecule has 0 fully saturated rings. The SMILES string of the molecule is COC(=O)/C=C(/Nc1cccc(-c2ccccc2OC)c1)C(=O)OC. The summed E-state index contributed by atoms with van der Waals surface area (Å²) >= 11 is 0. The second kappa shape index (κ2) is 8.54. The Morgan fingerprint density at radius 2 is 1.72 bits per heavy atom. The molecule has 0 spiro atoms. The molecule has 0 heterocycles. The van der Waals surface area contributed by atoms with Gasteiger partial charge in [-0.15, -0.1) is 0 Å². The van der Waals surface area contributed by atoms with Crippen molar-refractivity contribution in [3.8, 4) is 16.9 Å². The van der Waals surface area contributed by atoms with E-state index >= 15 is 0 Å². The topological polar surface area (TPSA) is 73.9 Å². The zero-order chi connectivity index (χ0) is 18.2. The quantitative estimate of drug-likeness (QED) is 0.643. The third-order valence-corrected chi connectivity index (χ3v) is 3.43. The first-order chi connectivity index (χ1) is 12.1. The first-order valence-corrected chi connectivity index (χ1v) is 7.47. The zero-order valence-corrected chi connectivity index (χ0v) is 14.2. The lowest BCUT2D eigenvalue weighted by atomic mass is 10.0. The van der Waals surface area contributed by atoms with Crippen LogP contribution in [0.25, 0.3) is 11.1 Å². The van der Waals surface area contributed by atoms with Crippen LogP contribution in [0, 0.1) is 0 Å². The third kappa shape index (κ3) is 4.60. The molecule has 130 valence electrons. The lowest BCUT2D eigenvalue weighted by molar-refractivity contribution is -0.138. The van der Waals surface area contributed by atoms with Gasteiger partial charge in [0.2, 0.25) is 0 Å². The van der Waals surface area contributed by atoms with Crippen LogP contribution in [0.4, 0.5) is 5.69 Å². The smallest absolute Gasteiger partial charge is 0.354 e. The van der Waals surface area contributed by atoms with Gasteiger partial charge in [0, 0.05) is 11.3 Å². The molecule has 0 aliphatic rings. The maximum atomic E-state index is 11.8. The molecule has 0 amide bonds. The maximum Gasteiger partial charge on any atom is 0.354 e. The summed E-state index contributed by atoms with van der Waals surface area (Å²) in [6.45, 7) is 0. The molecule has 0 bridgehead atoms. The highest BCUT2D eigenvalue weighted by atomic mass is 16.5. The minimum Gasteiger partial charge on any atom is -0.496 e. The summed E-state index contributed by atoms with van der Waals surface area (Å²) in [6, 6.07) is 15.0. The van der Waals surface area contributed by atoms with Crippen molar-refractivity contribution < 1.29 is 23.8 Å². The summed E-state index contributed by atoms with van der Waals surface area (Å²) < 4.78 is 14.6. The van der Waals surface area contributed by atoms with Gasteiger partial charge in [0.05, 0.1) is 27.4 Å². The van der Waals surface area contributed by atoms with Crippen molar-refractivity contribution in [1.82, 2.24) is 0 Å². The predicted octanol–water partition coefficient (Wildman–Crippen LogP) is 3.00. The minimum atomic E-state index is -0.673. The molecular weight excluding hydrogens is 322 g/mol. The van der Waals surface area contributed by atoms with Crippen molar-refractivity contribution in [1.29, 1.82) is 0 Å². The van der Waals surface area contributed by atoms with Crippen LogP contribution in [0.2, 0.25) is 0 Å². The number of methoxy groups -OCH3 is 3. The number of esters is 2. The van der Waals surface area contributed by atoms with E-state index in [1.807, 2.05) is 42.5 Å². The van der Waals surface area contributed by atoms with Gasteiger partial charge in [0.1, 0.15) is 11.4 Å². The van der Waals surface area contributed by atoms with Crippen LogP contribution in [0.15, 0.2) is 60.3 Å². The second-order valence-electron chi connectivity index (χ2n) is 4.98. The second-order valence-corrected chi connectivity index (χ2v) is 4.98. The molecule has 0 saturated carbocycles. The number of carbonyl (C=O) groups excluding carboxylic acids is 2. The summed E-state index contributed by atoms with van der Waals surface area (Å²) in [5, 5.41) is 2.89. The molecule has 0 unspecified atom stereocenters. The summed E-state index contributed by atoms with van der Waals surface area (Å²) in [5.74, 6) is -0.597. The summed E-state index contributed by atoms with van der Waals surface area (Å²) in [6.07, 6.45) is 1.04. The van der Waals surface area contributed by atoms with E-state index in [0.29, 0.717) is 5.69 Å². The van der Waals surface area contributed by atoms with Crippen LogP contribution in [-0.4, -0.2) is 33.3 Å². The highest BCUT2D eigenvalue weighted by Gasteiger charge is 2.13. The Bertz CT molecular complexity index is 798. The van der Waals surface area contributed by atoms with E-state index in [-0.39, 0.29) is 5.70 Å². The fraction of sp³-hybridized carbons (Fsp3) is 0.158. The number of anilines is 1. The Morgan fingerprint density at radius 3 is 2.40 bits per heavy atom. The molecule has 25 heavy (non-hydrogen) atoms. The number of hydrogen-bond acceptors (Lipinski definition) is 6. The molecule has 2 aromatic carbocycles. The Morgan fingerprint density at radius 1 is 0.960 bits per heavy atom. The van der Waals surface area contributed by atoms with Gasteiger partial charge in [-0.3, -0.25) is 0 Å². The number of ether oxygens (including phenoxy) is 3. The molecule has 2 rings (SSSR count). The van der Waals surface area contributed by atoms with Crippen LogP contribution < -0.4 is 10.1 Å². The third-order valence-electron chi connectivity index (χ3n) is 3.43. The van der Waals surface area contributed by atoms with Crippen molar-refractivity contribution in [3.63, 3.8) is 0 Å². The van der Waals surface area contributed by atoms with Gasteiger partial charge in [-0.2, -0.15) is 0 Å². The van der Waals surface area contributed by atoms with E-state index in [1.165, 1.54) is 14.2 Å². The number of rotatable bonds is 6. The van der Waals surface area contributed by atoms with Crippen LogP contribution in [0.3, 0.4) is 0 Å². The van der Waals surface area contributed by atoms with E-state index in [4.69, 9.17) is 4.74 Å². The van der Waals surface area contributed by atoms with Crippen LogP contribution in [0.1, 0.15) is 0 Å². The van der Waals surface area contributed by atoms with Gasteiger partial charge >= 0.3 is 11.9 Å². The average molecular weight is 341 g/mol. The molecule has 2 aromatic rings. The zero-order valence-electron chi connectivity index (χ0n) is 14.2. The van der Waals surface area contributed by atoms with Gasteiger partial charge in [-0.25, -0.2) is 9.59 Å². The molecule has 6 nitrogen and oxygen atoms in total. The van der Waals surface area contributed by atoms with Crippen molar-refractivity contribution in [3.05, 3.63) is 60.3 Å². The molecule has 0 aromatic heterocycles. The van der Waals surface area contributed by atoms with Crippen LogP contribution >= 0.6 is 0 Å². The summed E-state index contributed by atoms with van der Waals surface area (Å²) in [7, 11) is 4.08. The van der Waals surface area contributed by atoms with Gasteiger partial charge in [0.15, 0.2) is 0 Å². The van der Waals surface area contributed by atoms with Gasteiger partial charge in [-0.05, 0) is 23.8 Å². The van der Waals surface area contributed by atoms with E-state index in [2.05, 4.69) is 14.8 Å². The predicted molar refractivity (Wildman–Crippen MR) is 94.2 cm³/mol. The summed E-state index contributed by atoms with van der Waals surface area (Å²) in [4.78, 5) is 23.3. The number of nitrogens with one attached hydrogen (secondary N) is 1. The van der Waals surface area contributed by atoms with E-state index in [0.717, 1.165) is 23.0 Å². The molecule has 0 aliphatic heterocycles. The number of para-hydroxylation sites is 1. The first-order valence-electron chi connectivity index (χ1n) is 7.47. The van der Waals surface area contributed by atoms with Crippen molar-refractivity contribution in [2.24, 2.45) is 0 Å². The minimum absolute atomic E-state index is 0.0217. The normalized spacial score (nSPS) is 10.8. The first kappa shape index (κ1) is 18.1. The molecule has 0 atom stereocenters. The fourth-order valence-corrected chi connectivity index (χ4v) is 2.24. The molecule has 0 saturated heterocycles. The number of hydrogen-bond donors (Lipinski definition) is 1. The lowest BCUT2D eigenvalue weighted by Crippen LogP contribution is -2.15. The summed E-state index contributed by atoms with van der Waals surface area (Å²) in [5.41, 5.74) is 2.39. The molecule has 1 N–H and O–H groups in total. The molecule has 0 aliphatic carbocycles. The van der Waals surface area contributed by atoms with E-state index < -0.39 is 11.9 Å². The number of benzene rings is 2. The van der Waals surface area contributed by atoms with Crippen LogP contribution in [0.5, 0.6) is 5.75 Å². The van der Waals surface area contributed by atoms with Crippen molar-refractivity contribution in [2.45, 2.75) is 0 Å². The van der Waals surface area contributed by atoms with E-state index in [1.54, 1.807) is 13.2 Å². The maximum absolute atomic E-state index is 11.8. The average Bonchev–Trinajstić information content (AvgIpc) is 2.66. The highest BCUT2D eigenvalue weighted by molar-refractivity contribution is 5.98. The lowest BCUT2D eigenvalue weighted by Gasteiger charge is -2.12. The Labute approximate surface area is 146 Å². The monoisotopic (exact) mass is 341 g/mol. The standard InChI is InChI=1S/C19H19NO5/c1-23-17-10-5-4-9-15(17)13-7-6-8-14(11-13)20-16(19(22)25-3)12-18(21)24-2/h4-12,20H,1-3H3/b16-12+. The Hall–Kier alpha value is -3.28. The van der Waals surface area contributed by atoms with Gasteiger partial charge in [-0.1, -0.05) is 30.3 Å². The Kier molecular flexibility index (Phi) is 6.17. The van der Waals surface area contributed by atoms with Crippen molar-refractivity contribution in [2.75, 3.05) is 26.6 Å². The van der Waals surface area contributed by atoms with E-state index in [9.17, 15) is 9.59 Å². The molecule has 0 radical (unpaired) electrons. The van der Waals surface area contributed by atoms with Gasteiger partial charge < -0.3 is 19.5 Å². The fourth-order valence-electron chi connectivity index (χ4n) is 2.24. The molecule has 6 heteroatoms. The van der Waals surface area contributed by atoms with Crippen molar-refractivity contribution >= 4 is 17.6 Å².